The monoisotopic (exact) mass is 203 g/mol. The van der Waals surface area contributed by atoms with Crippen LogP contribution in [0.1, 0.15) is 16.7 Å². The number of hydrogen-bond donors (Lipinski definition) is 1. The van der Waals surface area contributed by atoms with Gasteiger partial charge in [0.15, 0.2) is 12.5 Å². The summed E-state index contributed by atoms with van der Waals surface area (Å²) < 4.78 is 5.03. The fourth-order valence-corrected chi connectivity index (χ4v) is 1.71. The molecule has 0 saturated carbocycles. The van der Waals surface area contributed by atoms with Gasteiger partial charge in [0, 0.05) is 0 Å². The lowest BCUT2D eigenvalue weighted by atomic mass is 9.97. The topological polar surface area (TPSA) is 52.3 Å². The van der Waals surface area contributed by atoms with Crippen LogP contribution in [0.5, 0.6) is 0 Å². The highest BCUT2D eigenvalue weighted by molar-refractivity contribution is 6.23. The predicted octanol–water partition coefficient (Wildman–Crippen LogP) is 1.53. The molecule has 2 rings (SSSR count). The van der Waals surface area contributed by atoms with Gasteiger partial charge in [-0.2, -0.15) is 0 Å². The smallest absolute Gasteiger partial charge is 0.206 e. The first-order valence-corrected chi connectivity index (χ1v) is 4.83. The van der Waals surface area contributed by atoms with Crippen LogP contribution in [0.3, 0.4) is 0 Å². The van der Waals surface area contributed by atoms with E-state index in [1.54, 1.807) is 0 Å². The average molecular weight is 203 g/mol. The molecule has 15 heavy (non-hydrogen) atoms. The lowest BCUT2D eigenvalue weighted by Crippen LogP contribution is -2.03. The van der Waals surface area contributed by atoms with Gasteiger partial charge in [-0.25, -0.2) is 0 Å². The number of hydrogen-bond acceptors (Lipinski definition) is 3. The second-order valence-electron chi connectivity index (χ2n) is 3.77. The fraction of sp³-hybridized carbons (Fsp3) is 0.250. The highest BCUT2D eigenvalue weighted by Gasteiger charge is 2.25. The van der Waals surface area contributed by atoms with E-state index in [1.807, 2.05) is 32.0 Å². The van der Waals surface area contributed by atoms with Crippen molar-refractivity contribution in [3.05, 3.63) is 40.8 Å². The Balaban J connectivity index is 2.58. The lowest BCUT2D eigenvalue weighted by Gasteiger charge is -2.06. The van der Waals surface area contributed by atoms with Crippen LogP contribution in [0.15, 0.2) is 24.1 Å². The zero-order chi connectivity index (χ0) is 11.0. The molecular formula is C12H13NO2. The van der Waals surface area contributed by atoms with Crippen LogP contribution in [-0.2, 0) is 9.53 Å². The Kier molecular flexibility index (Phi) is 2.23. The zero-order valence-electron chi connectivity index (χ0n) is 8.83. The zero-order valence-corrected chi connectivity index (χ0v) is 8.83. The molecule has 2 N–H and O–H groups in total. The first-order chi connectivity index (χ1) is 7.09. The molecule has 0 bridgehead atoms. The number of nitrogens with two attached hydrogens (primary N) is 1. The van der Waals surface area contributed by atoms with Gasteiger partial charge < -0.3 is 10.5 Å². The van der Waals surface area contributed by atoms with E-state index < -0.39 is 0 Å². The van der Waals surface area contributed by atoms with Crippen LogP contribution in [0.4, 0.5) is 0 Å². The Morgan fingerprint density at radius 1 is 1.33 bits per heavy atom. The molecule has 1 aliphatic heterocycles. The molecule has 0 spiro atoms. The number of aryl methyl sites for hydroxylation is 2. The second-order valence-corrected chi connectivity index (χ2v) is 3.77. The van der Waals surface area contributed by atoms with Crippen molar-refractivity contribution in [3.8, 4) is 0 Å². The third-order valence-corrected chi connectivity index (χ3v) is 2.55. The summed E-state index contributed by atoms with van der Waals surface area (Å²) >= 11 is 0. The highest BCUT2D eigenvalue weighted by Crippen LogP contribution is 2.26. The van der Waals surface area contributed by atoms with Crippen molar-refractivity contribution in [2.24, 2.45) is 5.73 Å². The molecule has 0 radical (unpaired) electrons. The van der Waals surface area contributed by atoms with Crippen LogP contribution >= 0.6 is 0 Å². The number of rotatable bonds is 1. The Labute approximate surface area is 88.5 Å². The van der Waals surface area contributed by atoms with Gasteiger partial charge in [-0.3, -0.25) is 4.79 Å². The first kappa shape index (κ1) is 9.77. The highest BCUT2D eigenvalue weighted by atomic mass is 16.5. The van der Waals surface area contributed by atoms with E-state index in [4.69, 9.17) is 10.5 Å². The van der Waals surface area contributed by atoms with Crippen molar-refractivity contribution in [3.63, 3.8) is 0 Å². The number of Topliss-reactive ketones (excluding diaryl/α,β-unsaturated/α-hetero) is 1. The van der Waals surface area contributed by atoms with E-state index in [1.165, 1.54) is 0 Å². The van der Waals surface area contributed by atoms with Crippen molar-refractivity contribution < 1.29 is 9.53 Å². The minimum atomic E-state index is -0.0406. The minimum absolute atomic E-state index is 0.0406. The number of carbonyl (C=O) groups is 1. The molecule has 0 unspecified atom stereocenters. The maximum absolute atomic E-state index is 11.6. The maximum atomic E-state index is 11.6. The Bertz CT molecular complexity index is 461. The average Bonchev–Trinajstić information content (AvgIpc) is 2.51. The van der Waals surface area contributed by atoms with Crippen LogP contribution < -0.4 is 5.73 Å². The van der Waals surface area contributed by atoms with Gasteiger partial charge in [-0.15, -0.1) is 0 Å². The van der Waals surface area contributed by atoms with Crippen LogP contribution in [0, 0.1) is 13.8 Å². The Morgan fingerprint density at radius 3 is 2.67 bits per heavy atom. The quantitative estimate of drug-likeness (QED) is 0.753. The SMILES string of the molecule is Cc1ccc(C)c(C2=C(N)OCC2=O)c1. The molecule has 1 heterocycles. The van der Waals surface area contributed by atoms with Gasteiger partial charge in [0.05, 0.1) is 5.57 Å². The van der Waals surface area contributed by atoms with Gasteiger partial charge in [0.2, 0.25) is 5.78 Å². The molecule has 1 aliphatic rings. The van der Waals surface area contributed by atoms with E-state index in [9.17, 15) is 4.79 Å². The maximum Gasteiger partial charge on any atom is 0.206 e. The summed E-state index contributed by atoms with van der Waals surface area (Å²) in [5.41, 5.74) is 9.21. The predicted molar refractivity (Wildman–Crippen MR) is 58.0 cm³/mol. The number of ketones is 1. The second kappa shape index (κ2) is 3.42. The van der Waals surface area contributed by atoms with Gasteiger partial charge in [0.1, 0.15) is 0 Å². The largest absolute Gasteiger partial charge is 0.470 e. The molecule has 3 heteroatoms. The normalized spacial score (nSPS) is 15.7. The summed E-state index contributed by atoms with van der Waals surface area (Å²) in [6, 6.07) is 5.95. The van der Waals surface area contributed by atoms with E-state index in [2.05, 4.69) is 0 Å². The summed E-state index contributed by atoms with van der Waals surface area (Å²) in [6.07, 6.45) is 0. The molecule has 0 amide bonds. The molecule has 0 saturated heterocycles. The third kappa shape index (κ3) is 1.61. The van der Waals surface area contributed by atoms with E-state index >= 15 is 0 Å². The summed E-state index contributed by atoms with van der Waals surface area (Å²) in [5, 5.41) is 0. The van der Waals surface area contributed by atoms with Crippen molar-refractivity contribution >= 4 is 11.4 Å². The molecule has 0 fully saturated rings. The summed E-state index contributed by atoms with van der Waals surface area (Å²) in [6.45, 7) is 4.01. The molecular weight excluding hydrogens is 190 g/mol. The van der Waals surface area contributed by atoms with Crippen LogP contribution in [0.2, 0.25) is 0 Å². The Morgan fingerprint density at radius 2 is 2.07 bits per heavy atom. The molecule has 1 aromatic carbocycles. The summed E-state index contributed by atoms with van der Waals surface area (Å²) in [5.74, 6) is 0.204. The minimum Gasteiger partial charge on any atom is -0.470 e. The van der Waals surface area contributed by atoms with Crippen LogP contribution in [-0.4, -0.2) is 12.4 Å². The number of ether oxygens (including phenoxy) is 1. The molecule has 3 nitrogen and oxygen atoms in total. The van der Waals surface area contributed by atoms with Crippen LogP contribution in [0.25, 0.3) is 5.57 Å². The van der Waals surface area contributed by atoms with Gasteiger partial charge in [0.25, 0.3) is 0 Å². The van der Waals surface area contributed by atoms with Crippen molar-refractivity contribution in [2.75, 3.05) is 6.61 Å². The third-order valence-electron chi connectivity index (χ3n) is 2.55. The molecule has 0 aromatic heterocycles. The van der Waals surface area contributed by atoms with Crippen molar-refractivity contribution in [1.82, 2.24) is 0 Å². The number of carbonyl (C=O) groups excluding carboxylic acids is 1. The first-order valence-electron chi connectivity index (χ1n) is 4.83. The van der Waals surface area contributed by atoms with E-state index in [0.29, 0.717) is 5.57 Å². The van der Waals surface area contributed by atoms with Crippen molar-refractivity contribution in [2.45, 2.75) is 13.8 Å². The molecule has 78 valence electrons. The Hall–Kier alpha value is -1.77. The summed E-state index contributed by atoms with van der Waals surface area (Å²) in [4.78, 5) is 11.6. The van der Waals surface area contributed by atoms with E-state index in [0.717, 1.165) is 16.7 Å². The van der Waals surface area contributed by atoms with E-state index in [-0.39, 0.29) is 18.3 Å². The fourth-order valence-electron chi connectivity index (χ4n) is 1.71. The van der Waals surface area contributed by atoms with Gasteiger partial charge in [-0.05, 0) is 25.0 Å². The van der Waals surface area contributed by atoms with Crippen molar-refractivity contribution in [1.29, 1.82) is 0 Å². The van der Waals surface area contributed by atoms with Gasteiger partial charge in [-0.1, -0.05) is 23.8 Å². The lowest BCUT2D eigenvalue weighted by molar-refractivity contribution is -0.115. The molecule has 0 atom stereocenters. The van der Waals surface area contributed by atoms with Gasteiger partial charge >= 0.3 is 0 Å². The molecule has 0 aliphatic carbocycles. The summed E-state index contributed by atoms with van der Waals surface area (Å²) in [7, 11) is 0. The number of benzene rings is 1. The standard InChI is InChI=1S/C12H13NO2/c1-7-3-4-8(2)9(5-7)11-10(14)6-15-12(11)13/h3-5H,6,13H2,1-2H3. The molecule has 1 aromatic rings.